The maximum Gasteiger partial charge on any atom is 0.241 e. The molecular formula is C26H16INO5. The van der Waals surface area contributed by atoms with Gasteiger partial charge in [0.15, 0.2) is 0 Å². The average Bonchev–Trinajstić information content (AvgIpc) is 3.41. The fourth-order valence-corrected chi connectivity index (χ4v) is 5.67. The van der Waals surface area contributed by atoms with E-state index in [4.69, 9.17) is 4.74 Å². The second-order valence-corrected chi connectivity index (χ2v) is 9.63. The smallest absolute Gasteiger partial charge is 0.241 e. The number of ketones is 2. The van der Waals surface area contributed by atoms with Crippen molar-refractivity contribution in [2.45, 2.75) is 11.7 Å². The first kappa shape index (κ1) is 20.4. The molecule has 3 aromatic carbocycles. The first-order valence-electron chi connectivity index (χ1n) is 10.5. The van der Waals surface area contributed by atoms with Gasteiger partial charge in [0.2, 0.25) is 29.0 Å². The summed E-state index contributed by atoms with van der Waals surface area (Å²) < 4.78 is 7.20. The minimum Gasteiger partial charge on any atom is -0.349 e. The highest BCUT2D eigenvalue weighted by atomic mass is 127. The van der Waals surface area contributed by atoms with Crippen LogP contribution in [-0.4, -0.2) is 29.0 Å². The van der Waals surface area contributed by atoms with Gasteiger partial charge < -0.3 is 4.74 Å². The maximum atomic E-state index is 13.8. The first-order chi connectivity index (χ1) is 15.9. The third-order valence-corrected chi connectivity index (χ3v) is 7.45. The van der Waals surface area contributed by atoms with Crippen LogP contribution in [0.3, 0.4) is 0 Å². The lowest BCUT2D eigenvalue weighted by Crippen LogP contribution is -2.51. The summed E-state index contributed by atoms with van der Waals surface area (Å²) in [5.74, 6) is -4.37. The molecule has 0 aromatic heterocycles. The Morgan fingerprint density at radius 3 is 1.91 bits per heavy atom. The molecule has 162 valence electrons. The maximum absolute atomic E-state index is 13.8. The van der Waals surface area contributed by atoms with E-state index in [1.54, 1.807) is 72.8 Å². The predicted octanol–water partition coefficient (Wildman–Crippen LogP) is 3.99. The minimum atomic E-state index is -2.04. The normalized spacial score (nSPS) is 25.1. The van der Waals surface area contributed by atoms with E-state index in [1.165, 1.54) is 0 Å². The quantitative estimate of drug-likeness (QED) is 0.275. The predicted molar refractivity (Wildman–Crippen MR) is 127 cm³/mol. The number of hydrogen-bond acceptors (Lipinski definition) is 5. The van der Waals surface area contributed by atoms with Crippen molar-refractivity contribution in [3.8, 4) is 0 Å². The Bertz CT molecular complexity index is 1320. The molecule has 0 radical (unpaired) electrons. The number of Topliss-reactive ketones (excluding diaryl/α,β-unsaturated/α-hetero) is 2. The highest BCUT2D eigenvalue weighted by molar-refractivity contribution is 14.1. The molecule has 0 unspecified atom stereocenters. The number of ether oxygens (including phenoxy) is 1. The largest absolute Gasteiger partial charge is 0.349 e. The number of benzene rings is 3. The van der Waals surface area contributed by atoms with Gasteiger partial charge in [-0.15, -0.1) is 0 Å². The van der Waals surface area contributed by atoms with Crippen molar-refractivity contribution < 1.29 is 23.9 Å². The molecular weight excluding hydrogens is 533 g/mol. The average molecular weight is 549 g/mol. The Morgan fingerprint density at radius 1 is 0.727 bits per heavy atom. The number of anilines is 1. The highest BCUT2D eigenvalue weighted by Gasteiger charge is 2.74. The number of amides is 2. The number of carbonyl (C=O) groups excluding carboxylic acids is 4. The van der Waals surface area contributed by atoms with Gasteiger partial charge in [-0.25, -0.2) is 4.90 Å². The van der Waals surface area contributed by atoms with Gasteiger partial charge in [-0.3, -0.25) is 19.2 Å². The van der Waals surface area contributed by atoms with Crippen LogP contribution in [0.25, 0.3) is 0 Å². The Morgan fingerprint density at radius 2 is 1.30 bits per heavy atom. The molecule has 6 nitrogen and oxygen atoms in total. The molecule has 3 aliphatic rings. The summed E-state index contributed by atoms with van der Waals surface area (Å²) in [4.78, 5) is 55.9. The van der Waals surface area contributed by atoms with E-state index in [-0.39, 0.29) is 11.1 Å². The molecule has 1 aliphatic carbocycles. The van der Waals surface area contributed by atoms with Gasteiger partial charge >= 0.3 is 0 Å². The lowest BCUT2D eigenvalue weighted by Gasteiger charge is -2.27. The van der Waals surface area contributed by atoms with Crippen molar-refractivity contribution in [3.05, 3.63) is 99.1 Å². The summed E-state index contributed by atoms with van der Waals surface area (Å²) in [7, 11) is 0. The topological polar surface area (TPSA) is 80.8 Å². The van der Waals surface area contributed by atoms with E-state index in [1.807, 2.05) is 6.07 Å². The van der Waals surface area contributed by atoms with Crippen molar-refractivity contribution in [1.29, 1.82) is 0 Å². The summed E-state index contributed by atoms with van der Waals surface area (Å²) in [5.41, 5.74) is -0.533. The van der Waals surface area contributed by atoms with Crippen LogP contribution < -0.4 is 4.90 Å². The molecule has 3 atom stereocenters. The molecule has 0 N–H and O–H groups in total. The van der Waals surface area contributed by atoms with Crippen LogP contribution in [0.4, 0.5) is 5.69 Å². The van der Waals surface area contributed by atoms with E-state index < -0.39 is 46.9 Å². The van der Waals surface area contributed by atoms with Gasteiger partial charge in [-0.2, -0.15) is 0 Å². The van der Waals surface area contributed by atoms with Crippen LogP contribution >= 0.6 is 22.6 Å². The van der Waals surface area contributed by atoms with Crippen molar-refractivity contribution in [2.24, 2.45) is 11.8 Å². The molecule has 0 bridgehead atoms. The fourth-order valence-electron chi connectivity index (χ4n) is 5.31. The van der Waals surface area contributed by atoms with Gasteiger partial charge in [0, 0.05) is 14.7 Å². The van der Waals surface area contributed by atoms with Gasteiger partial charge in [-0.1, -0.05) is 54.6 Å². The fraction of sp³-hybridized carbons (Fsp3) is 0.154. The van der Waals surface area contributed by atoms with Gasteiger partial charge in [-0.05, 0) is 52.4 Å². The van der Waals surface area contributed by atoms with Crippen LogP contribution in [0.5, 0.6) is 0 Å². The second kappa shape index (κ2) is 7.16. The Kier molecular flexibility index (Phi) is 4.44. The molecule has 2 saturated heterocycles. The van der Waals surface area contributed by atoms with Crippen LogP contribution in [0, 0.1) is 15.4 Å². The molecule has 6 rings (SSSR count). The highest BCUT2D eigenvalue weighted by Crippen LogP contribution is 2.57. The van der Waals surface area contributed by atoms with Gasteiger partial charge in [0.05, 0.1) is 23.6 Å². The Hall–Kier alpha value is -3.17. The molecule has 7 heteroatoms. The van der Waals surface area contributed by atoms with E-state index in [9.17, 15) is 19.2 Å². The number of fused-ring (bicyclic) bond motifs is 3. The van der Waals surface area contributed by atoms with Crippen molar-refractivity contribution in [1.82, 2.24) is 0 Å². The van der Waals surface area contributed by atoms with Crippen molar-refractivity contribution in [3.63, 3.8) is 0 Å². The summed E-state index contributed by atoms with van der Waals surface area (Å²) in [5, 5.41) is 0. The lowest BCUT2D eigenvalue weighted by atomic mass is 9.77. The molecule has 2 aliphatic heterocycles. The van der Waals surface area contributed by atoms with Crippen LogP contribution in [0.15, 0.2) is 78.9 Å². The second-order valence-electron chi connectivity index (χ2n) is 8.38. The van der Waals surface area contributed by atoms with E-state index in [0.29, 0.717) is 11.3 Å². The van der Waals surface area contributed by atoms with Crippen molar-refractivity contribution in [2.75, 3.05) is 4.90 Å². The molecule has 2 heterocycles. The zero-order chi connectivity index (χ0) is 22.9. The zero-order valence-electron chi connectivity index (χ0n) is 17.1. The summed E-state index contributed by atoms with van der Waals surface area (Å²) in [6, 6.07) is 22.4. The lowest BCUT2D eigenvalue weighted by molar-refractivity contribution is -0.127. The SMILES string of the molecule is O=C1[C@@H]2[C@@H](c3ccccc3)OC3(C(=O)c4ccccc4C3=O)[C@H]2C(=O)N1c1ccc(I)cc1. The van der Waals surface area contributed by atoms with Crippen LogP contribution in [0.2, 0.25) is 0 Å². The van der Waals surface area contributed by atoms with Crippen LogP contribution in [-0.2, 0) is 14.3 Å². The van der Waals surface area contributed by atoms with E-state index in [0.717, 1.165) is 8.47 Å². The minimum absolute atomic E-state index is 0.225. The summed E-state index contributed by atoms with van der Waals surface area (Å²) in [6.45, 7) is 0. The number of rotatable bonds is 2. The third kappa shape index (κ3) is 2.63. The van der Waals surface area contributed by atoms with E-state index >= 15 is 0 Å². The molecule has 0 saturated carbocycles. The number of halogens is 1. The zero-order valence-corrected chi connectivity index (χ0v) is 19.3. The molecule has 1 spiro atoms. The molecule has 3 aromatic rings. The number of carbonyl (C=O) groups is 4. The first-order valence-corrected chi connectivity index (χ1v) is 11.6. The van der Waals surface area contributed by atoms with Gasteiger partial charge in [0.25, 0.3) is 0 Å². The van der Waals surface area contributed by atoms with Crippen molar-refractivity contribution >= 4 is 51.7 Å². The monoisotopic (exact) mass is 549 g/mol. The Labute approximate surface area is 202 Å². The van der Waals surface area contributed by atoms with Gasteiger partial charge in [0.1, 0.15) is 0 Å². The summed E-state index contributed by atoms with van der Waals surface area (Å²) >= 11 is 2.14. The van der Waals surface area contributed by atoms with Crippen LogP contribution in [0.1, 0.15) is 32.4 Å². The molecule has 2 amide bonds. The Balaban J connectivity index is 1.55. The molecule has 2 fully saturated rings. The van der Waals surface area contributed by atoms with E-state index in [2.05, 4.69) is 22.6 Å². The standard InChI is InChI=1S/C26H16INO5/c27-15-10-12-16(13-11-15)28-24(31)19-20(25(28)32)26(33-21(19)14-6-2-1-3-7-14)22(29)17-8-4-5-9-18(17)23(26)30/h1-13,19-21H/t19-,20+,21+/m0/s1. The number of nitrogens with zero attached hydrogens (tertiary/aromatic N) is 1. The third-order valence-electron chi connectivity index (χ3n) is 6.73. The summed E-state index contributed by atoms with van der Waals surface area (Å²) in [6.07, 6.45) is -0.899. The molecule has 33 heavy (non-hydrogen) atoms. The number of imide groups is 1. The number of hydrogen-bond donors (Lipinski definition) is 0.